The van der Waals surface area contributed by atoms with Crippen molar-refractivity contribution in [1.29, 1.82) is 0 Å². The van der Waals surface area contributed by atoms with Crippen molar-refractivity contribution in [2.45, 2.75) is 27.2 Å². The zero-order valence-electron chi connectivity index (χ0n) is 12.9. The standard InChI is InChI=1S/C17H18N4O/c1-11-9-16(22)19-17(18-11)21-13(3)15(12(2)20-21)10-14-7-5-4-6-8-14/h4-9H,10H2,1-3H3,(H,18,19,22). The lowest BCUT2D eigenvalue weighted by molar-refractivity contribution is 0.762. The van der Waals surface area contributed by atoms with Crippen LogP contribution in [0.3, 0.4) is 0 Å². The van der Waals surface area contributed by atoms with Gasteiger partial charge in [-0.1, -0.05) is 30.3 Å². The Bertz CT molecular complexity index is 862. The first-order chi connectivity index (χ1) is 10.5. The fourth-order valence-corrected chi connectivity index (χ4v) is 2.60. The van der Waals surface area contributed by atoms with E-state index in [4.69, 9.17) is 0 Å². The maximum absolute atomic E-state index is 11.6. The van der Waals surface area contributed by atoms with E-state index < -0.39 is 0 Å². The van der Waals surface area contributed by atoms with E-state index in [9.17, 15) is 4.79 Å². The molecule has 0 spiro atoms. The second-order valence-corrected chi connectivity index (χ2v) is 5.43. The number of hydrogen-bond acceptors (Lipinski definition) is 3. The van der Waals surface area contributed by atoms with Gasteiger partial charge in [0.25, 0.3) is 5.56 Å². The highest BCUT2D eigenvalue weighted by Crippen LogP contribution is 2.19. The van der Waals surface area contributed by atoms with E-state index in [2.05, 4.69) is 27.2 Å². The number of benzene rings is 1. The normalized spacial score (nSPS) is 10.9. The van der Waals surface area contributed by atoms with E-state index >= 15 is 0 Å². The van der Waals surface area contributed by atoms with Gasteiger partial charge >= 0.3 is 0 Å². The fourth-order valence-electron chi connectivity index (χ4n) is 2.60. The Morgan fingerprint density at radius 2 is 1.86 bits per heavy atom. The van der Waals surface area contributed by atoms with Gasteiger partial charge in [-0.25, -0.2) is 9.67 Å². The molecular formula is C17H18N4O. The summed E-state index contributed by atoms with van der Waals surface area (Å²) in [7, 11) is 0. The minimum Gasteiger partial charge on any atom is -0.291 e. The Morgan fingerprint density at radius 1 is 1.14 bits per heavy atom. The molecule has 0 amide bonds. The number of H-pyrrole nitrogens is 1. The minimum absolute atomic E-state index is 0.167. The summed E-state index contributed by atoms with van der Waals surface area (Å²) < 4.78 is 1.71. The third kappa shape index (κ3) is 2.70. The van der Waals surface area contributed by atoms with Crippen LogP contribution in [0.5, 0.6) is 0 Å². The number of nitrogens with one attached hydrogen (secondary N) is 1. The Balaban J connectivity index is 2.05. The van der Waals surface area contributed by atoms with Crippen molar-refractivity contribution < 1.29 is 0 Å². The van der Waals surface area contributed by atoms with Gasteiger partial charge in [0.05, 0.1) is 5.69 Å². The zero-order chi connectivity index (χ0) is 15.7. The minimum atomic E-state index is -0.167. The van der Waals surface area contributed by atoms with Crippen LogP contribution in [-0.4, -0.2) is 19.7 Å². The summed E-state index contributed by atoms with van der Waals surface area (Å²) in [4.78, 5) is 18.8. The SMILES string of the molecule is Cc1cc(=O)[nH]c(-n2nc(C)c(Cc3ccccc3)c2C)n1. The van der Waals surface area contributed by atoms with Crippen molar-refractivity contribution in [1.82, 2.24) is 19.7 Å². The first-order valence-electron chi connectivity index (χ1n) is 7.22. The molecule has 3 aromatic rings. The summed E-state index contributed by atoms with van der Waals surface area (Å²) in [6, 6.07) is 11.7. The van der Waals surface area contributed by atoms with Crippen LogP contribution in [0, 0.1) is 20.8 Å². The molecule has 3 rings (SSSR count). The van der Waals surface area contributed by atoms with Crippen molar-refractivity contribution in [3.8, 4) is 5.95 Å². The number of aryl methyl sites for hydroxylation is 2. The van der Waals surface area contributed by atoms with Crippen LogP contribution in [0.4, 0.5) is 0 Å². The number of rotatable bonds is 3. The molecule has 0 radical (unpaired) electrons. The summed E-state index contributed by atoms with van der Waals surface area (Å²) in [5.41, 5.74) is 4.85. The van der Waals surface area contributed by atoms with Gasteiger partial charge in [0, 0.05) is 29.4 Å². The molecule has 2 heterocycles. The summed E-state index contributed by atoms with van der Waals surface area (Å²) in [5.74, 6) is 0.463. The van der Waals surface area contributed by atoms with Gasteiger partial charge in [0.1, 0.15) is 0 Å². The Hall–Kier alpha value is -2.69. The average Bonchev–Trinajstić information content (AvgIpc) is 2.75. The van der Waals surface area contributed by atoms with E-state index in [1.54, 1.807) is 11.6 Å². The molecule has 0 aliphatic heterocycles. The number of aromatic amines is 1. The van der Waals surface area contributed by atoms with Crippen LogP contribution in [0.2, 0.25) is 0 Å². The molecule has 0 unspecified atom stereocenters. The van der Waals surface area contributed by atoms with Gasteiger partial charge in [-0.3, -0.25) is 9.78 Å². The van der Waals surface area contributed by atoms with Gasteiger partial charge in [0.15, 0.2) is 0 Å². The Kier molecular flexibility index (Phi) is 3.63. The summed E-state index contributed by atoms with van der Waals surface area (Å²) in [6.07, 6.45) is 0.814. The van der Waals surface area contributed by atoms with Gasteiger partial charge in [-0.2, -0.15) is 5.10 Å². The van der Waals surface area contributed by atoms with Crippen molar-refractivity contribution in [3.63, 3.8) is 0 Å². The Morgan fingerprint density at radius 3 is 2.55 bits per heavy atom. The molecule has 2 aromatic heterocycles. The maximum Gasteiger partial charge on any atom is 0.252 e. The monoisotopic (exact) mass is 294 g/mol. The quantitative estimate of drug-likeness (QED) is 0.807. The predicted molar refractivity (Wildman–Crippen MR) is 85.4 cm³/mol. The van der Waals surface area contributed by atoms with Crippen LogP contribution in [0.25, 0.3) is 5.95 Å². The van der Waals surface area contributed by atoms with E-state index in [0.717, 1.165) is 23.4 Å². The maximum atomic E-state index is 11.6. The number of nitrogens with zero attached hydrogens (tertiary/aromatic N) is 3. The van der Waals surface area contributed by atoms with Crippen molar-refractivity contribution in [3.05, 3.63) is 75.0 Å². The lowest BCUT2D eigenvalue weighted by Gasteiger charge is -2.05. The van der Waals surface area contributed by atoms with Crippen LogP contribution < -0.4 is 5.56 Å². The molecule has 0 saturated heterocycles. The fraction of sp³-hybridized carbons (Fsp3) is 0.235. The molecule has 0 aliphatic rings. The molecule has 0 saturated carbocycles. The van der Waals surface area contributed by atoms with Crippen LogP contribution in [0.15, 0.2) is 41.2 Å². The predicted octanol–water partition coefficient (Wildman–Crippen LogP) is 2.47. The molecule has 22 heavy (non-hydrogen) atoms. The topological polar surface area (TPSA) is 63.6 Å². The van der Waals surface area contributed by atoms with Gasteiger partial charge in [-0.15, -0.1) is 0 Å². The average molecular weight is 294 g/mol. The molecule has 0 aliphatic carbocycles. The lowest BCUT2D eigenvalue weighted by atomic mass is 10.0. The van der Waals surface area contributed by atoms with Crippen molar-refractivity contribution in [2.24, 2.45) is 0 Å². The van der Waals surface area contributed by atoms with E-state index in [-0.39, 0.29) is 5.56 Å². The van der Waals surface area contributed by atoms with Crippen molar-refractivity contribution in [2.75, 3.05) is 0 Å². The molecule has 1 N–H and O–H groups in total. The highest BCUT2D eigenvalue weighted by molar-refractivity contribution is 5.34. The second-order valence-electron chi connectivity index (χ2n) is 5.43. The van der Waals surface area contributed by atoms with Gasteiger partial charge in [0.2, 0.25) is 5.95 Å². The first kappa shape index (κ1) is 14.3. The molecular weight excluding hydrogens is 276 g/mol. The highest BCUT2D eigenvalue weighted by Gasteiger charge is 2.14. The number of aromatic nitrogens is 4. The lowest BCUT2D eigenvalue weighted by Crippen LogP contribution is -2.14. The zero-order valence-corrected chi connectivity index (χ0v) is 12.9. The largest absolute Gasteiger partial charge is 0.291 e. The van der Waals surface area contributed by atoms with E-state index in [0.29, 0.717) is 11.6 Å². The molecule has 0 fully saturated rings. The summed E-state index contributed by atoms with van der Waals surface area (Å²) in [6.45, 7) is 5.78. The Labute approximate surface area is 128 Å². The third-order valence-electron chi connectivity index (χ3n) is 3.72. The van der Waals surface area contributed by atoms with Crippen LogP contribution in [0.1, 0.15) is 28.2 Å². The highest BCUT2D eigenvalue weighted by atomic mass is 16.1. The summed E-state index contributed by atoms with van der Waals surface area (Å²) in [5, 5.41) is 4.54. The van der Waals surface area contributed by atoms with Crippen molar-refractivity contribution >= 4 is 0 Å². The first-order valence-corrected chi connectivity index (χ1v) is 7.22. The molecule has 0 bridgehead atoms. The molecule has 5 heteroatoms. The van der Waals surface area contributed by atoms with Gasteiger partial charge in [-0.05, 0) is 26.3 Å². The van der Waals surface area contributed by atoms with E-state index in [1.165, 1.54) is 11.6 Å². The molecule has 0 atom stereocenters. The molecule has 5 nitrogen and oxygen atoms in total. The molecule has 112 valence electrons. The second kappa shape index (κ2) is 5.60. The number of hydrogen-bond donors (Lipinski definition) is 1. The van der Waals surface area contributed by atoms with Crippen LogP contribution in [-0.2, 0) is 6.42 Å². The van der Waals surface area contributed by atoms with E-state index in [1.807, 2.05) is 32.0 Å². The van der Waals surface area contributed by atoms with Gasteiger partial charge < -0.3 is 0 Å². The summed E-state index contributed by atoms with van der Waals surface area (Å²) >= 11 is 0. The smallest absolute Gasteiger partial charge is 0.252 e. The van der Waals surface area contributed by atoms with Crippen LogP contribution >= 0.6 is 0 Å². The third-order valence-corrected chi connectivity index (χ3v) is 3.72. The molecule has 1 aromatic carbocycles.